The van der Waals surface area contributed by atoms with Crippen LogP contribution in [0.3, 0.4) is 0 Å². The van der Waals surface area contributed by atoms with Crippen LogP contribution in [0.1, 0.15) is 30.9 Å². The van der Waals surface area contributed by atoms with E-state index in [0.717, 1.165) is 25.4 Å². The van der Waals surface area contributed by atoms with Crippen LogP contribution in [0.25, 0.3) is 0 Å². The van der Waals surface area contributed by atoms with E-state index in [4.69, 9.17) is 10.5 Å². The maximum Gasteiger partial charge on any atom is 0.0719 e. The summed E-state index contributed by atoms with van der Waals surface area (Å²) in [5.74, 6) is 1.41. The number of benzene rings is 1. The highest BCUT2D eigenvalue weighted by Gasteiger charge is 2.18. The van der Waals surface area contributed by atoms with E-state index in [9.17, 15) is 0 Å². The molecule has 1 aromatic rings. The molecule has 2 rings (SSSR count). The predicted octanol–water partition coefficient (Wildman–Crippen LogP) is 3.31. The third-order valence-corrected chi connectivity index (χ3v) is 4.04. The van der Waals surface area contributed by atoms with Crippen LogP contribution in [0.5, 0.6) is 0 Å². The van der Waals surface area contributed by atoms with E-state index >= 15 is 0 Å². The Labute approximate surface area is 116 Å². The molecule has 2 heteroatoms. The first-order chi connectivity index (χ1) is 9.31. The number of hydrogen-bond acceptors (Lipinski definition) is 2. The Morgan fingerprint density at radius 3 is 2.63 bits per heavy atom. The minimum atomic E-state index is 0.673. The third kappa shape index (κ3) is 4.19. The molecule has 1 aromatic carbocycles. The van der Waals surface area contributed by atoms with Crippen molar-refractivity contribution in [3.05, 3.63) is 47.5 Å². The highest BCUT2D eigenvalue weighted by atomic mass is 16.5. The van der Waals surface area contributed by atoms with Gasteiger partial charge in [0.1, 0.15) is 0 Å². The molecule has 1 aliphatic rings. The van der Waals surface area contributed by atoms with E-state index < -0.39 is 0 Å². The molecule has 0 amide bonds. The number of nitrogens with two attached hydrogens (primary N) is 1. The summed E-state index contributed by atoms with van der Waals surface area (Å²) < 4.78 is 5.94. The lowest BCUT2D eigenvalue weighted by molar-refractivity contribution is 0.0677. The fourth-order valence-electron chi connectivity index (χ4n) is 2.66. The molecule has 19 heavy (non-hydrogen) atoms. The zero-order valence-electron chi connectivity index (χ0n) is 11.8. The Morgan fingerprint density at radius 2 is 1.89 bits per heavy atom. The average Bonchev–Trinajstić information content (AvgIpc) is 2.43. The summed E-state index contributed by atoms with van der Waals surface area (Å²) in [6.07, 6.45) is 7.86. The van der Waals surface area contributed by atoms with Crippen LogP contribution >= 0.6 is 0 Å². The highest BCUT2D eigenvalue weighted by Crippen LogP contribution is 2.25. The van der Waals surface area contributed by atoms with Crippen molar-refractivity contribution in [2.24, 2.45) is 17.6 Å². The summed E-state index contributed by atoms with van der Waals surface area (Å²) in [6.45, 7) is 4.59. The van der Waals surface area contributed by atoms with E-state index in [1.807, 2.05) is 0 Å². The molecule has 0 saturated carbocycles. The molecule has 0 heterocycles. The maximum absolute atomic E-state index is 5.94. The van der Waals surface area contributed by atoms with Crippen LogP contribution in [0, 0.1) is 11.8 Å². The monoisotopic (exact) mass is 259 g/mol. The number of allylic oxidation sites excluding steroid dienone is 2. The number of hydrogen-bond donors (Lipinski definition) is 1. The van der Waals surface area contributed by atoms with E-state index in [0.29, 0.717) is 19.1 Å². The fourth-order valence-corrected chi connectivity index (χ4v) is 2.66. The lowest BCUT2D eigenvalue weighted by Gasteiger charge is -2.25. The smallest absolute Gasteiger partial charge is 0.0719 e. The lowest BCUT2D eigenvalue weighted by atomic mass is 9.85. The SMILES string of the molecule is CC1CC=CCC1COCc1ccccc1CCN. The predicted molar refractivity (Wildman–Crippen MR) is 79.9 cm³/mol. The second-order valence-corrected chi connectivity index (χ2v) is 5.50. The van der Waals surface area contributed by atoms with Crippen LogP contribution in [0.4, 0.5) is 0 Å². The second kappa shape index (κ2) is 7.46. The van der Waals surface area contributed by atoms with Crippen molar-refractivity contribution >= 4 is 0 Å². The van der Waals surface area contributed by atoms with Crippen LogP contribution in [-0.4, -0.2) is 13.2 Å². The normalized spacial score (nSPS) is 22.6. The number of ether oxygens (including phenoxy) is 1. The zero-order valence-corrected chi connectivity index (χ0v) is 11.8. The molecule has 0 bridgehead atoms. The Bertz CT molecular complexity index is 413. The molecule has 0 fully saturated rings. The molecule has 2 nitrogen and oxygen atoms in total. The molecule has 2 unspecified atom stereocenters. The second-order valence-electron chi connectivity index (χ2n) is 5.50. The highest BCUT2D eigenvalue weighted by molar-refractivity contribution is 5.26. The van der Waals surface area contributed by atoms with Gasteiger partial charge in [-0.3, -0.25) is 0 Å². The Balaban J connectivity index is 1.83. The van der Waals surface area contributed by atoms with Gasteiger partial charge in [-0.2, -0.15) is 0 Å². The van der Waals surface area contributed by atoms with Crippen molar-refractivity contribution in [2.75, 3.05) is 13.2 Å². The quantitative estimate of drug-likeness (QED) is 0.796. The topological polar surface area (TPSA) is 35.2 Å². The van der Waals surface area contributed by atoms with Gasteiger partial charge < -0.3 is 10.5 Å². The minimum Gasteiger partial charge on any atom is -0.376 e. The van der Waals surface area contributed by atoms with Crippen LogP contribution in [-0.2, 0) is 17.8 Å². The first-order valence-corrected chi connectivity index (χ1v) is 7.31. The van der Waals surface area contributed by atoms with E-state index in [1.54, 1.807) is 0 Å². The number of rotatable bonds is 6. The van der Waals surface area contributed by atoms with Gasteiger partial charge in [-0.25, -0.2) is 0 Å². The largest absolute Gasteiger partial charge is 0.376 e. The molecule has 2 N–H and O–H groups in total. The molecule has 104 valence electrons. The standard InChI is InChI=1S/C17H25NO/c1-14-6-2-3-8-16(14)12-19-13-17-9-5-4-7-15(17)10-11-18/h2-5,7,9,14,16H,6,8,10-13,18H2,1H3. The van der Waals surface area contributed by atoms with Crippen LogP contribution < -0.4 is 5.73 Å². The summed E-state index contributed by atoms with van der Waals surface area (Å²) in [5, 5.41) is 0. The van der Waals surface area contributed by atoms with E-state index in [2.05, 4.69) is 43.3 Å². The molecular weight excluding hydrogens is 234 g/mol. The lowest BCUT2D eigenvalue weighted by Crippen LogP contribution is -2.19. The van der Waals surface area contributed by atoms with Crippen molar-refractivity contribution in [1.29, 1.82) is 0 Å². The summed E-state index contributed by atoms with van der Waals surface area (Å²) in [4.78, 5) is 0. The molecule has 0 saturated heterocycles. The fraction of sp³-hybridized carbons (Fsp3) is 0.529. The summed E-state index contributed by atoms with van der Waals surface area (Å²) in [7, 11) is 0. The third-order valence-electron chi connectivity index (χ3n) is 4.04. The van der Waals surface area contributed by atoms with Crippen molar-refractivity contribution in [2.45, 2.75) is 32.8 Å². The first kappa shape index (κ1) is 14.3. The van der Waals surface area contributed by atoms with Crippen molar-refractivity contribution in [3.63, 3.8) is 0 Å². The summed E-state index contributed by atoms with van der Waals surface area (Å²) >= 11 is 0. The molecule has 0 radical (unpaired) electrons. The van der Waals surface area contributed by atoms with Crippen LogP contribution in [0.15, 0.2) is 36.4 Å². The van der Waals surface area contributed by atoms with E-state index in [-0.39, 0.29) is 0 Å². The molecule has 0 aliphatic heterocycles. The molecule has 0 spiro atoms. The van der Waals surface area contributed by atoms with Gasteiger partial charge in [0, 0.05) is 0 Å². The summed E-state index contributed by atoms with van der Waals surface area (Å²) in [5.41, 5.74) is 8.25. The van der Waals surface area contributed by atoms with Gasteiger partial charge in [0.15, 0.2) is 0 Å². The van der Waals surface area contributed by atoms with Gasteiger partial charge >= 0.3 is 0 Å². The first-order valence-electron chi connectivity index (χ1n) is 7.31. The van der Waals surface area contributed by atoms with Gasteiger partial charge in [-0.15, -0.1) is 0 Å². The summed E-state index contributed by atoms with van der Waals surface area (Å²) in [6, 6.07) is 8.44. The van der Waals surface area contributed by atoms with Gasteiger partial charge in [-0.05, 0) is 48.8 Å². The molecule has 2 atom stereocenters. The molecular formula is C17H25NO. The molecule has 1 aliphatic carbocycles. The Kier molecular flexibility index (Phi) is 5.62. The minimum absolute atomic E-state index is 0.673. The van der Waals surface area contributed by atoms with Crippen LogP contribution in [0.2, 0.25) is 0 Å². The van der Waals surface area contributed by atoms with Crippen molar-refractivity contribution in [3.8, 4) is 0 Å². The molecule has 0 aromatic heterocycles. The zero-order chi connectivity index (χ0) is 13.5. The van der Waals surface area contributed by atoms with Gasteiger partial charge in [0.05, 0.1) is 13.2 Å². The van der Waals surface area contributed by atoms with Gasteiger partial charge in [0.2, 0.25) is 0 Å². The van der Waals surface area contributed by atoms with Gasteiger partial charge in [-0.1, -0.05) is 43.3 Å². The average molecular weight is 259 g/mol. The maximum atomic E-state index is 5.94. The Hall–Kier alpha value is -1.12. The van der Waals surface area contributed by atoms with Crippen molar-refractivity contribution < 1.29 is 4.74 Å². The Morgan fingerprint density at radius 1 is 1.16 bits per heavy atom. The van der Waals surface area contributed by atoms with Crippen molar-refractivity contribution in [1.82, 2.24) is 0 Å². The van der Waals surface area contributed by atoms with Gasteiger partial charge in [0.25, 0.3) is 0 Å². The van der Waals surface area contributed by atoms with E-state index in [1.165, 1.54) is 17.5 Å².